The minimum Gasteiger partial charge on any atom is -0.481 e. The van der Waals surface area contributed by atoms with Crippen LogP contribution in [0.4, 0.5) is 4.79 Å². The summed E-state index contributed by atoms with van der Waals surface area (Å²) < 4.78 is 0. The molecule has 0 saturated heterocycles. The number of fused-ring (bicyclic) bond motifs is 1. The van der Waals surface area contributed by atoms with Crippen molar-refractivity contribution in [1.82, 2.24) is 10.6 Å². The van der Waals surface area contributed by atoms with Crippen LogP contribution in [-0.2, 0) is 22.4 Å². The molecule has 1 atom stereocenters. The van der Waals surface area contributed by atoms with Gasteiger partial charge in [-0.3, -0.25) is 4.79 Å². The summed E-state index contributed by atoms with van der Waals surface area (Å²) in [6.45, 7) is 0. The molecule has 0 aliphatic heterocycles. The number of carbonyl (C=O) groups excluding carboxylic acids is 1. The molecule has 0 bridgehead atoms. The number of carbonyl (C=O) groups is 3. The Balaban J connectivity index is 1.88. The van der Waals surface area contributed by atoms with Crippen molar-refractivity contribution in [1.29, 1.82) is 0 Å². The van der Waals surface area contributed by atoms with Crippen molar-refractivity contribution in [2.24, 2.45) is 0 Å². The summed E-state index contributed by atoms with van der Waals surface area (Å²) >= 11 is 0. The van der Waals surface area contributed by atoms with Crippen molar-refractivity contribution in [3.63, 3.8) is 0 Å². The number of urea groups is 1. The van der Waals surface area contributed by atoms with Crippen LogP contribution in [0.3, 0.4) is 0 Å². The third-order valence-corrected chi connectivity index (χ3v) is 3.37. The van der Waals surface area contributed by atoms with E-state index in [4.69, 9.17) is 10.2 Å². The topological polar surface area (TPSA) is 116 Å². The lowest BCUT2D eigenvalue weighted by Gasteiger charge is -2.16. The Morgan fingerprint density at radius 1 is 1.14 bits per heavy atom. The molecule has 0 spiro atoms. The largest absolute Gasteiger partial charge is 0.481 e. The highest BCUT2D eigenvalue weighted by atomic mass is 16.4. The summed E-state index contributed by atoms with van der Waals surface area (Å²) in [6, 6.07) is 5.61. The number of hydrogen-bond acceptors (Lipinski definition) is 3. The Hall–Kier alpha value is -2.57. The summed E-state index contributed by atoms with van der Waals surface area (Å²) in [5.74, 6) is -2.65. The van der Waals surface area contributed by atoms with E-state index in [1.165, 1.54) is 0 Å². The van der Waals surface area contributed by atoms with Gasteiger partial charge in [0, 0.05) is 6.04 Å². The van der Waals surface area contributed by atoms with Crippen LogP contribution in [0.2, 0.25) is 0 Å². The van der Waals surface area contributed by atoms with Gasteiger partial charge in [0.05, 0.1) is 6.42 Å². The second-order valence-corrected chi connectivity index (χ2v) is 4.98. The first kappa shape index (κ1) is 14.8. The number of benzene rings is 1. The lowest BCUT2D eigenvalue weighted by atomic mass is 10.1. The highest BCUT2D eigenvalue weighted by molar-refractivity contribution is 5.86. The maximum Gasteiger partial charge on any atom is 0.326 e. The molecule has 1 aromatic rings. The molecule has 2 rings (SSSR count). The maximum absolute atomic E-state index is 11.8. The molecule has 112 valence electrons. The normalized spacial score (nSPS) is 15.0. The van der Waals surface area contributed by atoms with Crippen LogP contribution >= 0.6 is 0 Å². The van der Waals surface area contributed by atoms with Crippen molar-refractivity contribution >= 4 is 18.0 Å². The third-order valence-electron chi connectivity index (χ3n) is 3.37. The standard InChI is InChI=1S/C14H16N2O5/c17-12(18)7-11(13(19)20)16-14(21)15-10-5-8-3-1-2-4-9(8)6-10/h1-4,10-11H,5-7H2,(H,17,18)(H,19,20)(H2,15,16,21). The number of hydrogen-bond donors (Lipinski definition) is 4. The molecular formula is C14H16N2O5. The number of rotatable bonds is 5. The fraction of sp³-hybridized carbons (Fsp3) is 0.357. The first-order valence-corrected chi connectivity index (χ1v) is 6.54. The molecule has 1 aliphatic rings. The number of aliphatic carboxylic acids is 2. The lowest BCUT2D eigenvalue weighted by molar-refractivity contribution is -0.145. The Morgan fingerprint density at radius 2 is 1.71 bits per heavy atom. The van der Waals surface area contributed by atoms with Gasteiger partial charge in [0.2, 0.25) is 0 Å². The smallest absolute Gasteiger partial charge is 0.326 e. The molecule has 0 fully saturated rings. The maximum atomic E-state index is 11.8. The summed E-state index contributed by atoms with van der Waals surface area (Å²) in [5.41, 5.74) is 2.31. The summed E-state index contributed by atoms with van der Waals surface area (Å²) in [6.07, 6.45) is 0.703. The van der Waals surface area contributed by atoms with Crippen molar-refractivity contribution in [2.45, 2.75) is 31.3 Å². The monoisotopic (exact) mass is 292 g/mol. The predicted molar refractivity (Wildman–Crippen MR) is 73.0 cm³/mol. The average molecular weight is 292 g/mol. The molecule has 0 radical (unpaired) electrons. The highest BCUT2D eigenvalue weighted by Crippen LogP contribution is 2.21. The fourth-order valence-corrected chi connectivity index (χ4v) is 2.42. The molecule has 1 unspecified atom stereocenters. The van der Waals surface area contributed by atoms with Gasteiger partial charge in [0.1, 0.15) is 6.04 Å². The Labute approximate surface area is 121 Å². The molecule has 0 heterocycles. The first-order valence-electron chi connectivity index (χ1n) is 6.54. The molecule has 1 aromatic carbocycles. The molecule has 0 saturated carbocycles. The highest BCUT2D eigenvalue weighted by Gasteiger charge is 2.26. The van der Waals surface area contributed by atoms with Crippen molar-refractivity contribution in [3.8, 4) is 0 Å². The van der Waals surface area contributed by atoms with E-state index in [-0.39, 0.29) is 6.04 Å². The molecule has 7 nitrogen and oxygen atoms in total. The number of amides is 2. The van der Waals surface area contributed by atoms with Crippen LogP contribution in [-0.4, -0.2) is 40.3 Å². The van der Waals surface area contributed by atoms with E-state index in [1.807, 2.05) is 24.3 Å². The minimum absolute atomic E-state index is 0.110. The van der Waals surface area contributed by atoms with Crippen LogP contribution in [0.15, 0.2) is 24.3 Å². The van der Waals surface area contributed by atoms with Gasteiger partial charge >= 0.3 is 18.0 Å². The van der Waals surface area contributed by atoms with Crippen LogP contribution in [0.1, 0.15) is 17.5 Å². The zero-order valence-electron chi connectivity index (χ0n) is 11.2. The minimum atomic E-state index is -1.44. The van der Waals surface area contributed by atoms with Gasteiger partial charge in [0.25, 0.3) is 0 Å². The fourth-order valence-electron chi connectivity index (χ4n) is 2.42. The van der Waals surface area contributed by atoms with Gasteiger partial charge < -0.3 is 20.8 Å². The van der Waals surface area contributed by atoms with Gasteiger partial charge in [-0.25, -0.2) is 9.59 Å². The molecule has 7 heteroatoms. The molecule has 4 N–H and O–H groups in total. The van der Waals surface area contributed by atoms with Gasteiger partial charge in [-0.05, 0) is 24.0 Å². The Kier molecular flexibility index (Phi) is 4.42. The van der Waals surface area contributed by atoms with E-state index >= 15 is 0 Å². The molecule has 0 aromatic heterocycles. The number of carboxylic acids is 2. The van der Waals surface area contributed by atoms with Crippen molar-refractivity contribution < 1.29 is 24.6 Å². The number of carboxylic acid groups (broad SMARTS) is 2. The van der Waals surface area contributed by atoms with Crippen molar-refractivity contribution in [3.05, 3.63) is 35.4 Å². The number of nitrogens with one attached hydrogen (secondary N) is 2. The molecule has 1 aliphatic carbocycles. The Morgan fingerprint density at radius 3 is 2.19 bits per heavy atom. The van der Waals surface area contributed by atoms with E-state index < -0.39 is 30.4 Å². The van der Waals surface area contributed by atoms with E-state index in [0.717, 1.165) is 11.1 Å². The SMILES string of the molecule is O=C(O)CC(NC(=O)NC1Cc2ccccc2C1)C(=O)O. The second kappa shape index (κ2) is 6.25. The predicted octanol–water partition coefficient (Wildman–Crippen LogP) is 0.381. The zero-order valence-corrected chi connectivity index (χ0v) is 11.2. The third kappa shape index (κ3) is 3.95. The summed E-state index contributed by atoms with van der Waals surface area (Å²) in [5, 5.41) is 22.3. The van der Waals surface area contributed by atoms with Crippen molar-refractivity contribution in [2.75, 3.05) is 0 Å². The van der Waals surface area contributed by atoms with Gasteiger partial charge in [-0.1, -0.05) is 24.3 Å². The van der Waals surface area contributed by atoms with Crippen LogP contribution in [0, 0.1) is 0 Å². The van der Waals surface area contributed by atoms with Gasteiger partial charge in [0.15, 0.2) is 0 Å². The quantitative estimate of drug-likeness (QED) is 0.626. The summed E-state index contributed by atoms with van der Waals surface area (Å²) in [7, 11) is 0. The molecular weight excluding hydrogens is 276 g/mol. The van der Waals surface area contributed by atoms with Gasteiger partial charge in [-0.2, -0.15) is 0 Å². The van der Waals surface area contributed by atoms with E-state index in [0.29, 0.717) is 12.8 Å². The summed E-state index contributed by atoms with van der Waals surface area (Å²) in [4.78, 5) is 33.2. The van der Waals surface area contributed by atoms with Gasteiger partial charge in [-0.15, -0.1) is 0 Å². The average Bonchev–Trinajstić information content (AvgIpc) is 2.79. The van der Waals surface area contributed by atoms with Crippen LogP contribution in [0.25, 0.3) is 0 Å². The van der Waals surface area contributed by atoms with Crippen LogP contribution < -0.4 is 10.6 Å². The van der Waals surface area contributed by atoms with Crippen LogP contribution in [0.5, 0.6) is 0 Å². The second-order valence-electron chi connectivity index (χ2n) is 4.98. The molecule has 2 amide bonds. The van der Waals surface area contributed by atoms with E-state index in [1.54, 1.807) is 0 Å². The first-order chi connectivity index (χ1) is 9.95. The Bertz CT molecular complexity index is 547. The lowest BCUT2D eigenvalue weighted by Crippen LogP contribution is -2.49. The van der Waals surface area contributed by atoms with E-state index in [9.17, 15) is 14.4 Å². The zero-order chi connectivity index (χ0) is 15.4. The van der Waals surface area contributed by atoms with E-state index in [2.05, 4.69) is 10.6 Å². The molecule has 21 heavy (non-hydrogen) atoms.